The smallest absolute Gasteiger partial charge is 0.370 e. The Morgan fingerprint density at radius 2 is 1.80 bits per heavy atom. The molecule has 0 aliphatic rings. The fourth-order valence-electron chi connectivity index (χ4n) is 1.46. The van der Waals surface area contributed by atoms with Crippen LogP contribution in [0.2, 0.25) is 0 Å². The predicted molar refractivity (Wildman–Crippen MR) is 58.4 cm³/mol. The quantitative estimate of drug-likeness (QED) is 0.499. The summed E-state index contributed by atoms with van der Waals surface area (Å²) in [6.07, 6.45) is -9.05. The number of nitrogens with two attached hydrogens (primary N) is 1. The number of nitrogens with one attached hydrogen (secondary N) is 1. The van der Waals surface area contributed by atoms with Crippen molar-refractivity contribution in [3.05, 3.63) is 35.4 Å². The van der Waals surface area contributed by atoms with Gasteiger partial charge in [-0.05, 0) is 17.7 Å². The summed E-state index contributed by atoms with van der Waals surface area (Å²) >= 11 is 0. The van der Waals surface area contributed by atoms with Gasteiger partial charge in [0.1, 0.15) is 6.61 Å². The van der Waals surface area contributed by atoms with Crippen molar-refractivity contribution in [2.75, 3.05) is 13.2 Å². The molecule has 0 aromatic heterocycles. The predicted octanol–water partition coefficient (Wildman–Crippen LogP) is 2.79. The van der Waals surface area contributed by atoms with Crippen LogP contribution in [0.4, 0.5) is 26.3 Å². The normalized spacial score (nSPS) is 14.3. The number of halogens is 6. The highest BCUT2D eigenvalue weighted by molar-refractivity contribution is 5.28. The second kappa shape index (κ2) is 6.42. The third kappa shape index (κ3) is 5.35. The molecular weight excluding hydrogens is 290 g/mol. The van der Waals surface area contributed by atoms with Crippen molar-refractivity contribution in [1.29, 1.82) is 0 Å². The Bertz CT molecular complexity index is 432. The fourth-order valence-corrected chi connectivity index (χ4v) is 1.46. The van der Waals surface area contributed by atoms with Crippen LogP contribution in [0.25, 0.3) is 0 Å². The summed E-state index contributed by atoms with van der Waals surface area (Å²) in [5, 5.41) is 0. The molecule has 1 unspecified atom stereocenters. The summed E-state index contributed by atoms with van der Waals surface area (Å²) in [5.41, 5.74) is 1.30. The van der Waals surface area contributed by atoms with Gasteiger partial charge < -0.3 is 4.74 Å². The van der Waals surface area contributed by atoms with Gasteiger partial charge in [-0.3, -0.25) is 11.3 Å². The molecule has 0 aliphatic carbocycles. The van der Waals surface area contributed by atoms with Crippen LogP contribution in [-0.2, 0) is 10.9 Å². The molecule has 0 saturated heterocycles. The summed E-state index contributed by atoms with van der Waals surface area (Å²) in [5.74, 6) is 5.12. The number of hydrogen-bond donors (Lipinski definition) is 2. The number of alkyl halides is 6. The van der Waals surface area contributed by atoms with Gasteiger partial charge in [0, 0.05) is 0 Å². The van der Waals surface area contributed by atoms with Crippen LogP contribution in [-0.4, -0.2) is 19.4 Å². The first-order valence-corrected chi connectivity index (χ1v) is 5.41. The van der Waals surface area contributed by atoms with Crippen LogP contribution in [0, 0.1) is 0 Å². The summed E-state index contributed by atoms with van der Waals surface area (Å²) in [4.78, 5) is 0. The summed E-state index contributed by atoms with van der Waals surface area (Å²) in [6, 6.07) is 3.15. The Balaban J connectivity index is 2.75. The van der Waals surface area contributed by atoms with Gasteiger partial charge in [-0.2, -0.15) is 26.3 Å². The van der Waals surface area contributed by atoms with Crippen molar-refractivity contribution in [3.8, 4) is 0 Å². The van der Waals surface area contributed by atoms with E-state index in [0.717, 1.165) is 18.2 Å². The van der Waals surface area contributed by atoms with E-state index in [-0.39, 0.29) is 5.56 Å². The molecule has 0 aliphatic heterocycles. The molecule has 0 radical (unpaired) electrons. The van der Waals surface area contributed by atoms with Gasteiger partial charge in [0.25, 0.3) is 0 Å². The Morgan fingerprint density at radius 3 is 2.30 bits per heavy atom. The molecule has 9 heteroatoms. The third-order valence-corrected chi connectivity index (χ3v) is 2.37. The van der Waals surface area contributed by atoms with Crippen LogP contribution < -0.4 is 11.3 Å². The second-order valence-corrected chi connectivity index (χ2v) is 3.97. The molecule has 114 valence electrons. The number of hydrogen-bond acceptors (Lipinski definition) is 3. The third-order valence-electron chi connectivity index (χ3n) is 2.37. The zero-order valence-corrected chi connectivity index (χ0v) is 10.1. The highest BCUT2D eigenvalue weighted by Gasteiger charge is 2.31. The molecule has 1 aromatic rings. The van der Waals surface area contributed by atoms with Crippen molar-refractivity contribution < 1.29 is 31.1 Å². The van der Waals surface area contributed by atoms with Crippen LogP contribution in [0.15, 0.2) is 24.3 Å². The van der Waals surface area contributed by atoms with Gasteiger partial charge in [-0.25, -0.2) is 0 Å². The van der Waals surface area contributed by atoms with Crippen molar-refractivity contribution >= 4 is 0 Å². The van der Waals surface area contributed by atoms with E-state index in [0.29, 0.717) is 0 Å². The average Bonchev–Trinajstić information content (AvgIpc) is 2.32. The first-order valence-electron chi connectivity index (χ1n) is 5.41. The van der Waals surface area contributed by atoms with E-state index in [4.69, 9.17) is 5.84 Å². The standard InChI is InChI=1S/C11H12F6N2O/c12-10(13,14)6-20-5-9(19-18)7-2-1-3-8(4-7)11(15,16)17/h1-4,9,19H,5-6,18H2. The molecule has 0 spiro atoms. The van der Waals surface area contributed by atoms with Crippen LogP contribution in [0.1, 0.15) is 17.2 Å². The summed E-state index contributed by atoms with van der Waals surface area (Å²) in [6.45, 7) is -2.00. The van der Waals surface area contributed by atoms with Gasteiger partial charge in [0.2, 0.25) is 0 Å². The zero-order valence-electron chi connectivity index (χ0n) is 10.1. The molecule has 3 nitrogen and oxygen atoms in total. The van der Waals surface area contributed by atoms with Gasteiger partial charge in [0.15, 0.2) is 0 Å². The van der Waals surface area contributed by atoms with Crippen LogP contribution >= 0.6 is 0 Å². The Morgan fingerprint density at radius 1 is 1.15 bits per heavy atom. The topological polar surface area (TPSA) is 47.3 Å². The minimum atomic E-state index is -4.54. The van der Waals surface area contributed by atoms with Crippen LogP contribution in [0.3, 0.4) is 0 Å². The first-order chi connectivity index (χ1) is 9.13. The van der Waals surface area contributed by atoms with Crippen molar-refractivity contribution in [2.45, 2.75) is 18.4 Å². The minimum Gasteiger partial charge on any atom is -0.370 e. The van der Waals surface area contributed by atoms with E-state index < -0.39 is 37.2 Å². The molecule has 0 bridgehead atoms. The molecule has 0 saturated carbocycles. The van der Waals surface area contributed by atoms with Gasteiger partial charge in [-0.1, -0.05) is 12.1 Å². The lowest BCUT2D eigenvalue weighted by Gasteiger charge is -2.18. The molecular formula is C11H12F6N2O. The molecule has 1 atom stereocenters. The lowest BCUT2D eigenvalue weighted by atomic mass is 10.0. The minimum absolute atomic E-state index is 0.0875. The van der Waals surface area contributed by atoms with Crippen LogP contribution in [0.5, 0.6) is 0 Å². The summed E-state index contributed by atoms with van der Waals surface area (Å²) in [7, 11) is 0. The van der Waals surface area contributed by atoms with E-state index in [1.165, 1.54) is 6.07 Å². The maximum absolute atomic E-state index is 12.5. The Kier molecular flexibility index (Phi) is 5.37. The van der Waals surface area contributed by atoms with E-state index in [1.54, 1.807) is 0 Å². The Labute approximate surface area is 110 Å². The van der Waals surface area contributed by atoms with E-state index >= 15 is 0 Å². The van der Waals surface area contributed by atoms with Gasteiger partial charge in [0.05, 0.1) is 18.2 Å². The SMILES string of the molecule is NNC(COCC(F)(F)F)c1cccc(C(F)(F)F)c1. The maximum atomic E-state index is 12.5. The largest absolute Gasteiger partial charge is 0.416 e. The monoisotopic (exact) mass is 302 g/mol. The van der Waals surface area contributed by atoms with Crippen molar-refractivity contribution in [2.24, 2.45) is 5.84 Å². The van der Waals surface area contributed by atoms with Gasteiger partial charge >= 0.3 is 12.4 Å². The second-order valence-electron chi connectivity index (χ2n) is 3.97. The van der Waals surface area contributed by atoms with Crippen molar-refractivity contribution in [1.82, 2.24) is 5.43 Å². The van der Waals surface area contributed by atoms with Gasteiger partial charge in [-0.15, -0.1) is 0 Å². The van der Waals surface area contributed by atoms with E-state index in [2.05, 4.69) is 10.2 Å². The first kappa shape index (κ1) is 16.7. The lowest BCUT2D eigenvalue weighted by Crippen LogP contribution is -2.32. The number of ether oxygens (including phenoxy) is 1. The molecule has 3 N–H and O–H groups in total. The van der Waals surface area contributed by atoms with E-state index in [9.17, 15) is 26.3 Å². The molecule has 0 fully saturated rings. The molecule has 1 aromatic carbocycles. The van der Waals surface area contributed by atoms with E-state index in [1.807, 2.05) is 0 Å². The Hall–Kier alpha value is -1.32. The highest BCUT2D eigenvalue weighted by Crippen LogP contribution is 2.30. The molecule has 0 amide bonds. The highest BCUT2D eigenvalue weighted by atomic mass is 19.4. The summed E-state index contributed by atoms with van der Waals surface area (Å²) < 4.78 is 77.6. The number of hydrazine groups is 1. The maximum Gasteiger partial charge on any atom is 0.416 e. The molecule has 20 heavy (non-hydrogen) atoms. The molecule has 1 rings (SSSR count). The molecule has 0 heterocycles. The zero-order chi connectivity index (χ0) is 15.4. The fraction of sp³-hybridized carbons (Fsp3) is 0.455. The lowest BCUT2D eigenvalue weighted by molar-refractivity contribution is -0.175. The average molecular weight is 302 g/mol. The number of rotatable bonds is 5. The van der Waals surface area contributed by atoms with Crippen molar-refractivity contribution in [3.63, 3.8) is 0 Å². The number of benzene rings is 1.